The minimum Gasteiger partial charge on any atom is -0.488 e. The van der Waals surface area contributed by atoms with E-state index in [1.807, 2.05) is 0 Å². The Morgan fingerprint density at radius 1 is 0.241 bits per heavy atom. The van der Waals surface area contributed by atoms with Crippen LogP contribution in [-0.4, -0.2) is 22.4 Å². The summed E-state index contributed by atoms with van der Waals surface area (Å²) in [4.78, 5) is 0. The second kappa shape index (κ2) is 30.6. The molecule has 0 N–H and O–H groups in total. The molecule has 4 aliphatic heterocycles. The van der Waals surface area contributed by atoms with Crippen molar-refractivity contribution < 1.29 is 37.2 Å². The molecule has 0 amide bonds. The van der Waals surface area contributed by atoms with Gasteiger partial charge in [-0.15, -0.1) is 0 Å². The van der Waals surface area contributed by atoms with Crippen molar-refractivity contribution in [2.45, 2.75) is 231 Å². The fourth-order valence-electron chi connectivity index (χ4n) is 20.9. The quantitative estimate of drug-likeness (QED) is 0.142. The van der Waals surface area contributed by atoms with E-state index in [9.17, 15) is 0 Å². The van der Waals surface area contributed by atoms with E-state index in [1.54, 1.807) is 0 Å². The lowest BCUT2D eigenvalue weighted by atomic mass is 9.71. The van der Waals surface area contributed by atoms with Gasteiger partial charge in [0.05, 0.1) is 0 Å². The van der Waals surface area contributed by atoms with Crippen LogP contribution in [0.3, 0.4) is 0 Å². The van der Waals surface area contributed by atoms with Gasteiger partial charge in [0.1, 0.15) is 73.6 Å². The van der Waals surface area contributed by atoms with E-state index >= 15 is 0 Å². The highest BCUT2D eigenvalue weighted by Crippen LogP contribution is 2.57. The van der Waals surface area contributed by atoms with Crippen molar-refractivity contribution in [1.82, 2.24) is 0 Å². The van der Waals surface area contributed by atoms with Crippen molar-refractivity contribution in [3.63, 3.8) is 0 Å². The summed E-state index contributed by atoms with van der Waals surface area (Å²) in [6.07, 6.45) is 25.2. The van der Waals surface area contributed by atoms with Crippen molar-refractivity contribution in [1.29, 1.82) is 0 Å². The summed E-state index contributed by atoms with van der Waals surface area (Å²) in [5.41, 5.74) is 31.0. The Bertz CT molecular complexity index is 5400. The molecule has 8 heteroatoms. The first-order chi connectivity index (χ1) is 55.3. The average Bonchev–Trinajstić information content (AvgIpc) is 1.57. The van der Waals surface area contributed by atoms with Crippen molar-refractivity contribution in [2.24, 2.45) is 28.2 Å². The van der Waals surface area contributed by atoms with Crippen LogP contribution in [0.5, 0.6) is 23.0 Å². The van der Waals surface area contributed by atoms with Gasteiger partial charge in [0, 0.05) is 70.8 Å². The molecule has 594 valence electrons. The highest BCUT2D eigenvalue weighted by molar-refractivity contribution is 5.79. The molecule has 4 aromatic heterocycles. The highest BCUT2D eigenvalue weighted by Gasteiger charge is 2.54. The summed E-state index contributed by atoms with van der Waals surface area (Å²) in [6, 6.07) is 79.7. The highest BCUT2D eigenvalue weighted by atomic mass is 16.5. The number of hydrogen-bond donors (Lipinski definition) is 0. The van der Waals surface area contributed by atoms with Crippen molar-refractivity contribution in [3.05, 3.63) is 288 Å². The second-order valence-corrected chi connectivity index (χ2v) is 38.6. The van der Waals surface area contributed by atoms with E-state index in [-0.39, 0.29) is 44.1 Å². The first-order valence-electron chi connectivity index (χ1n) is 42.9. The number of ether oxygens (including phenoxy) is 4. The Morgan fingerprint density at radius 3 is 0.716 bits per heavy atom. The standard InChI is InChI=1S/2C28H32NO.C26H28NO.C26H30NO/c2*1-20-10-11-21(17-23(20)25-9-5-8-16-29(25)4)22-12-13-24-26(18-22)30-28(14-6-7-15-28)19-27(24,2)3;1-18-8-9-19(15-21(18)23-7-5-6-14-27(23)4)20-10-11-22-24(16-20)28-26(12-13-26)17-25(22,2)3;1-18-10-11-19(15-21(18)23-9-7-8-14-27(23)6)20-12-13-22-24(16-20)28-26(4,5)17-25(22,2)3/h2*5,8-13,16-18H,6-7,14-15,19H2,1-4H3;5-11,14-16H,12-13,17H2,1-4H3;7-16H,17H2,1-6H3/q4*+1. The van der Waals surface area contributed by atoms with Crippen LogP contribution in [0, 0.1) is 27.7 Å². The maximum Gasteiger partial charge on any atom is 0.212 e. The smallest absolute Gasteiger partial charge is 0.212 e. The SMILES string of the molecule is Cc1ccc(-c2ccc3c(c2)OC(C)(C)CC3(C)C)cc1-c1cccc[n+]1C.Cc1ccc(-c2ccc3c(c2)OC2(CC2)CC3(C)C)cc1-c1cccc[n+]1C.Cc1ccc(-c2ccc3c(c2)OC2(CCCC2)CC3(C)C)cc1-c1cccc[n+]1C.Cc1ccc(-c2ccc3c(c2)OC2(CCCC2)CC3(C)C)cc1-c1cccc[n+]1C. The average molecular weight is 1540 g/mol. The molecule has 12 aromatic rings. The molecular formula is C108H122N4O4+4. The lowest BCUT2D eigenvalue weighted by molar-refractivity contribution is -0.660. The van der Waals surface area contributed by atoms with Crippen LogP contribution in [0.15, 0.2) is 243 Å². The van der Waals surface area contributed by atoms with Crippen molar-refractivity contribution in [2.75, 3.05) is 0 Å². The first-order valence-corrected chi connectivity index (χ1v) is 42.9. The second-order valence-electron chi connectivity index (χ2n) is 38.6. The Balaban J connectivity index is 0.000000116. The van der Waals surface area contributed by atoms with Crippen LogP contribution in [0.2, 0.25) is 0 Å². The van der Waals surface area contributed by atoms with E-state index in [0.717, 1.165) is 48.7 Å². The van der Waals surface area contributed by atoms with Crippen LogP contribution in [-0.2, 0) is 49.9 Å². The number of hydrogen-bond acceptors (Lipinski definition) is 4. The summed E-state index contributed by atoms with van der Waals surface area (Å²) in [7, 11) is 8.42. The molecule has 0 unspecified atom stereocenters. The molecule has 7 aliphatic rings. The lowest BCUT2D eigenvalue weighted by Gasteiger charge is -2.44. The van der Waals surface area contributed by atoms with Crippen molar-refractivity contribution >= 4 is 0 Å². The van der Waals surface area contributed by atoms with Crippen LogP contribution in [0.25, 0.3) is 89.5 Å². The summed E-state index contributed by atoms with van der Waals surface area (Å²) < 4.78 is 35.0. The Morgan fingerprint density at radius 2 is 0.466 bits per heavy atom. The molecule has 0 bridgehead atoms. The molecule has 8 heterocycles. The van der Waals surface area contributed by atoms with Gasteiger partial charge >= 0.3 is 0 Å². The van der Waals surface area contributed by atoms with Gasteiger partial charge < -0.3 is 18.9 Å². The Kier molecular flexibility index (Phi) is 20.9. The topological polar surface area (TPSA) is 52.4 Å². The van der Waals surface area contributed by atoms with Gasteiger partial charge in [0.2, 0.25) is 22.8 Å². The zero-order valence-corrected chi connectivity index (χ0v) is 72.4. The normalized spacial score (nSPS) is 18.3. The molecular weight excluding hydrogens is 1420 g/mol. The van der Waals surface area contributed by atoms with E-state index < -0.39 is 0 Å². The minimum atomic E-state index is -0.147. The van der Waals surface area contributed by atoms with E-state index in [2.05, 4.69) is 387 Å². The van der Waals surface area contributed by atoms with Crippen LogP contribution in [0.4, 0.5) is 0 Å². The molecule has 8 nitrogen and oxygen atoms in total. The number of aryl methyl sites for hydroxylation is 8. The van der Waals surface area contributed by atoms with E-state index in [0.29, 0.717) is 0 Å². The predicted molar refractivity (Wildman–Crippen MR) is 474 cm³/mol. The summed E-state index contributed by atoms with van der Waals surface area (Å²) in [5.74, 6) is 4.29. The molecule has 3 spiro atoms. The van der Waals surface area contributed by atoms with E-state index in [4.69, 9.17) is 18.9 Å². The van der Waals surface area contributed by atoms with Gasteiger partial charge in [0.15, 0.2) is 24.8 Å². The maximum absolute atomic E-state index is 6.73. The largest absolute Gasteiger partial charge is 0.488 e. The maximum atomic E-state index is 6.73. The van der Waals surface area contributed by atoms with Gasteiger partial charge in [-0.2, -0.15) is 0 Å². The predicted octanol–water partition coefficient (Wildman–Crippen LogP) is 24.8. The third-order valence-electron chi connectivity index (χ3n) is 26.8. The van der Waals surface area contributed by atoms with Gasteiger partial charge in [-0.3, -0.25) is 0 Å². The van der Waals surface area contributed by atoms with Gasteiger partial charge in [-0.05, 0) is 315 Å². The van der Waals surface area contributed by atoms with Crippen LogP contribution >= 0.6 is 0 Å². The third-order valence-corrected chi connectivity index (χ3v) is 26.8. The Labute approximate surface area is 692 Å². The fraction of sp³-hybridized carbons (Fsp3) is 0.370. The number of aromatic nitrogens is 4. The van der Waals surface area contributed by atoms with Gasteiger partial charge in [0.25, 0.3) is 0 Å². The molecule has 0 radical (unpaired) electrons. The molecule has 0 saturated heterocycles. The molecule has 19 rings (SSSR count). The number of benzene rings is 8. The fourth-order valence-corrected chi connectivity index (χ4v) is 20.9. The zero-order valence-electron chi connectivity index (χ0n) is 72.4. The lowest BCUT2D eigenvalue weighted by Crippen LogP contribution is -2.44. The Hall–Kier alpha value is -10.4. The zero-order chi connectivity index (χ0) is 81.5. The number of nitrogens with zero attached hydrogens (tertiary/aromatic N) is 4. The van der Waals surface area contributed by atoms with Gasteiger partial charge in [-0.1, -0.05) is 152 Å². The van der Waals surface area contributed by atoms with Crippen molar-refractivity contribution in [3.8, 4) is 113 Å². The molecule has 116 heavy (non-hydrogen) atoms. The summed E-state index contributed by atoms with van der Waals surface area (Å²) >= 11 is 0. The van der Waals surface area contributed by atoms with Crippen LogP contribution in [0.1, 0.15) is 204 Å². The third kappa shape index (κ3) is 16.0. The molecule has 3 fully saturated rings. The van der Waals surface area contributed by atoms with Gasteiger partial charge in [-0.25, -0.2) is 18.3 Å². The molecule has 3 aliphatic carbocycles. The first kappa shape index (κ1) is 79.4. The number of fused-ring (bicyclic) bond motifs is 4. The minimum absolute atomic E-state index is 0.0470. The number of pyridine rings is 4. The van der Waals surface area contributed by atoms with E-state index in [1.165, 1.54) is 198 Å². The number of rotatable bonds is 8. The summed E-state index contributed by atoms with van der Waals surface area (Å²) in [5, 5.41) is 0. The molecule has 3 saturated carbocycles. The monoisotopic (exact) mass is 1540 g/mol. The molecule has 8 aromatic carbocycles. The molecule has 0 atom stereocenters. The summed E-state index contributed by atoms with van der Waals surface area (Å²) in [6.45, 7) is 32.0. The van der Waals surface area contributed by atoms with Crippen LogP contribution < -0.4 is 37.2 Å².